The first-order chi connectivity index (χ1) is 9.56. The highest BCUT2D eigenvalue weighted by molar-refractivity contribution is 9.10. The third-order valence-corrected chi connectivity index (χ3v) is 3.82. The van der Waals surface area contributed by atoms with Crippen LogP contribution in [0.15, 0.2) is 40.9 Å². The van der Waals surface area contributed by atoms with Crippen molar-refractivity contribution >= 4 is 27.5 Å². The maximum Gasteiger partial charge on any atom is 0.133 e. The zero-order valence-electron chi connectivity index (χ0n) is 11.1. The van der Waals surface area contributed by atoms with Crippen LogP contribution in [0.25, 0.3) is 0 Å². The SMILES string of the molecule is COc1cc(C(O)c2cccc(Cl)c2)c(OC)cc1Br. The van der Waals surface area contributed by atoms with Gasteiger partial charge in [-0.3, -0.25) is 0 Å². The molecule has 0 saturated heterocycles. The second-order valence-corrected chi connectivity index (χ2v) is 5.48. The maximum atomic E-state index is 10.5. The minimum absolute atomic E-state index is 0.574. The summed E-state index contributed by atoms with van der Waals surface area (Å²) in [6.45, 7) is 0. The molecule has 0 aliphatic heterocycles. The van der Waals surface area contributed by atoms with E-state index >= 15 is 0 Å². The molecule has 3 nitrogen and oxygen atoms in total. The Hall–Kier alpha value is -1.23. The fourth-order valence-electron chi connectivity index (χ4n) is 1.95. The Kier molecular flexibility index (Phi) is 4.91. The van der Waals surface area contributed by atoms with Crippen LogP contribution in [0.5, 0.6) is 11.5 Å². The summed E-state index contributed by atoms with van der Waals surface area (Å²) in [5, 5.41) is 11.1. The number of aliphatic hydroxyl groups excluding tert-OH is 1. The summed E-state index contributed by atoms with van der Waals surface area (Å²) in [6.07, 6.45) is -0.842. The largest absolute Gasteiger partial charge is 0.496 e. The summed E-state index contributed by atoms with van der Waals surface area (Å²) >= 11 is 9.35. The standard InChI is InChI=1S/C15H14BrClO3/c1-19-13-8-12(16)14(20-2)7-11(13)15(18)9-4-3-5-10(17)6-9/h3-8,15,18H,1-2H3. The van der Waals surface area contributed by atoms with Crippen LogP contribution in [-0.2, 0) is 0 Å². The van der Waals surface area contributed by atoms with Crippen molar-refractivity contribution in [3.63, 3.8) is 0 Å². The molecule has 0 radical (unpaired) electrons. The van der Waals surface area contributed by atoms with E-state index in [4.69, 9.17) is 21.1 Å². The van der Waals surface area contributed by atoms with E-state index in [1.54, 1.807) is 44.6 Å². The van der Waals surface area contributed by atoms with Crippen molar-refractivity contribution in [3.05, 3.63) is 57.0 Å². The Bertz CT molecular complexity index is 616. The lowest BCUT2D eigenvalue weighted by molar-refractivity contribution is 0.214. The number of benzene rings is 2. The van der Waals surface area contributed by atoms with Gasteiger partial charge >= 0.3 is 0 Å². The lowest BCUT2D eigenvalue weighted by atomic mass is 10.0. The Labute approximate surface area is 131 Å². The highest BCUT2D eigenvalue weighted by atomic mass is 79.9. The van der Waals surface area contributed by atoms with Crippen LogP contribution < -0.4 is 9.47 Å². The number of aliphatic hydroxyl groups is 1. The average Bonchev–Trinajstić information content (AvgIpc) is 2.46. The van der Waals surface area contributed by atoms with Crippen molar-refractivity contribution in [3.8, 4) is 11.5 Å². The summed E-state index contributed by atoms with van der Waals surface area (Å²) in [4.78, 5) is 0. The molecule has 2 aromatic rings. The Balaban J connectivity index is 2.50. The molecule has 2 aromatic carbocycles. The zero-order chi connectivity index (χ0) is 14.7. The van der Waals surface area contributed by atoms with Crippen LogP contribution in [0.4, 0.5) is 0 Å². The topological polar surface area (TPSA) is 38.7 Å². The molecule has 106 valence electrons. The van der Waals surface area contributed by atoms with E-state index in [0.29, 0.717) is 27.6 Å². The number of halogens is 2. The lowest BCUT2D eigenvalue weighted by Gasteiger charge is -2.17. The number of methoxy groups -OCH3 is 2. The summed E-state index contributed by atoms with van der Waals surface area (Å²) in [7, 11) is 3.13. The summed E-state index contributed by atoms with van der Waals surface area (Å²) in [6, 6.07) is 10.6. The lowest BCUT2D eigenvalue weighted by Crippen LogP contribution is -2.03. The smallest absolute Gasteiger partial charge is 0.133 e. The highest BCUT2D eigenvalue weighted by Crippen LogP contribution is 2.38. The van der Waals surface area contributed by atoms with Crippen molar-refractivity contribution in [1.82, 2.24) is 0 Å². The minimum atomic E-state index is -0.842. The van der Waals surface area contributed by atoms with Crippen molar-refractivity contribution in [1.29, 1.82) is 0 Å². The molecule has 0 spiro atoms. The molecule has 0 fully saturated rings. The molecule has 2 rings (SSSR count). The Morgan fingerprint density at radius 2 is 1.80 bits per heavy atom. The summed E-state index contributed by atoms with van der Waals surface area (Å²) in [5.41, 5.74) is 1.31. The Morgan fingerprint density at radius 1 is 1.10 bits per heavy atom. The number of rotatable bonds is 4. The molecule has 0 aliphatic rings. The molecular formula is C15H14BrClO3. The van der Waals surface area contributed by atoms with Gasteiger partial charge in [0.15, 0.2) is 0 Å². The van der Waals surface area contributed by atoms with Gasteiger partial charge in [-0.15, -0.1) is 0 Å². The molecule has 0 aromatic heterocycles. The second kappa shape index (κ2) is 6.48. The maximum absolute atomic E-state index is 10.5. The molecular weight excluding hydrogens is 344 g/mol. The van der Waals surface area contributed by atoms with Crippen LogP contribution in [0.2, 0.25) is 5.02 Å². The molecule has 1 atom stereocenters. The van der Waals surface area contributed by atoms with Gasteiger partial charge in [0.25, 0.3) is 0 Å². The predicted octanol–water partition coefficient (Wildman–Crippen LogP) is 4.20. The molecule has 20 heavy (non-hydrogen) atoms. The van der Waals surface area contributed by atoms with Gasteiger partial charge in [0.1, 0.15) is 17.6 Å². The molecule has 0 amide bonds. The normalized spacial score (nSPS) is 12.1. The van der Waals surface area contributed by atoms with Gasteiger partial charge in [0.05, 0.1) is 18.7 Å². The fourth-order valence-corrected chi connectivity index (χ4v) is 2.64. The van der Waals surface area contributed by atoms with Gasteiger partial charge < -0.3 is 14.6 Å². The van der Waals surface area contributed by atoms with Gasteiger partial charge in [0, 0.05) is 10.6 Å². The summed E-state index contributed by atoms with van der Waals surface area (Å²) < 4.78 is 11.3. The molecule has 0 aliphatic carbocycles. The molecule has 1 N–H and O–H groups in total. The van der Waals surface area contributed by atoms with E-state index < -0.39 is 6.10 Å². The zero-order valence-corrected chi connectivity index (χ0v) is 13.4. The average molecular weight is 358 g/mol. The second-order valence-electron chi connectivity index (χ2n) is 4.19. The van der Waals surface area contributed by atoms with Crippen LogP contribution in [-0.4, -0.2) is 19.3 Å². The van der Waals surface area contributed by atoms with E-state index in [9.17, 15) is 5.11 Å². The third-order valence-electron chi connectivity index (χ3n) is 2.96. The third kappa shape index (κ3) is 3.08. The molecule has 1 unspecified atom stereocenters. The molecule has 0 saturated carbocycles. The van der Waals surface area contributed by atoms with Gasteiger partial charge in [0.2, 0.25) is 0 Å². The van der Waals surface area contributed by atoms with Gasteiger partial charge in [-0.05, 0) is 45.8 Å². The molecule has 0 bridgehead atoms. The van der Waals surface area contributed by atoms with Crippen molar-refractivity contribution in [2.45, 2.75) is 6.10 Å². The van der Waals surface area contributed by atoms with Crippen molar-refractivity contribution in [2.24, 2.45) is 0 Å². The van der Waals surface area contributed by atoms with E-state index in [1.165, 1.54) is 0 Å². The van der Waals surface area contributed by atoms with Crippen molar-refractivity contribution < 1.29 is 14.6 Å². The minimum Gasteiger partial charge on any atom is -0.496 e. The molecule has 0 heterocycles. The van der Waals surface area contributed by atoms with Crippen LogP contribution in [0, 0.1) is 0 Å². The number of hydrogen-bond acceptors (Lipinski definition) is 3. The van der Waals surface area contributed by atoms with Crippen LogP contribution >= 0.6 is 27.5 Å². The predicted molar refractivity (Wildman–Crippen MR) is 82.8 cm³/mol. The highest BCUT2D eigenvalue weighted by Gasteiger charge is 2.18. The van der Waals surface area contributed by atoms with Gasteiger partial charge in [-0.1, -0.05) is 23.7 Å². The van der Waals surface area contributed by atoms with Crippen molar-refractivity contribution in [2.75, 3.05) is 14.2 Å². The molecule has 5 heteroatoms. The number of ether oxygens (including phenoxy) is 2. The van der Waals surface area contributed by atoms with E-state index in [1.807, 2.05) is 6.07 Å². The summed E-state index contributed by atoms with van der Waals surface area (Å²) in [5.74, 6) is 1.20. The Morgan fingerprint density at radius 3 is 2.40 bits per heavy atom. The monoisotopic (exact) mass is 356 g/mol. The first-order valence-electron chi connectivity index (χ1n) is 5.91. The fraction of sp³-hybridized carbons (Fsp3) is 0.200. The van der Waals surface area contributed by atoms with Crippen LogP contribution in [0.3, 0.4) is 0 Å². The van der Waals surface area contributed by atoms with E-state index in [0.717, 1.165) is 4.47 Å². The first kappa shape index (κ1) is 15.2. The van der Waals surface area contributed by atoms with Crippen LogP contribution in [0.1, 0.15) is 17.2 Å². The van der Waals surface area contributed by atoms with Gasteiger partial charge in [-0.2, -0.15) is 0 Å². The van der Waals surface area contributed by atoms with Gasteiger partial charge in [-0.25, -0.2) is 0 Å². The first-order valence-corrected chi connectivity index (χ1v) is 7.09. The number of hydrogen-bond donors (Lipinski definition) is 1. The van der Waals surface area contributed by atoms with E-state index in [2.05, 4.69) is 15.9 Å². The van der Waals surface area contributed by atoms with E-state index in [-0.39, 0.29) is 0 Å². The quantitative estimate of drug-likeness (QED) is 0.891.